The van der Waals surface area contributed by atoms with Crippen molar-refractivity contribution in [1.29, 1.82) is 0 Å². The summed E-state index contributed by atoms with van der Waals surface area (Å²) in [4.78, 5) is 76.2. The van der Waals surface area contributed by atoms with Crippen molar-refractivity contribution in [1.82, 2.24) is 37.2 Å². The van der Waals surface area contributed by atoms with Gasteiger partial charge in [0.25, 0.3) is 0 Å². The minimum absolute atomic E-state index is 0.000204. The lowest BCUT2D eigenvalue weighted by Crippen LogP contribution is -2.49. The van der Waals surface area contributed by atoms with Crippen molar-refractivity contribution >= 4 is 35.8 Å². The number of nitrogens with one attached hydrogen (secondary N) is 7. The summed E-state index contributed by atoms with van der Waals surface area (Å²) in [6.07, 6.45) is 1.62. The van der Waals surface area contributed by atoms with Crippen LogP contribution in [0.2, 0.25) is 0 Å². The van der Waals surface area contributed by atoms with Crippen LogP contribution in [-0.2, 0) is 41.9 Å². The number of benzene rings is 2. The maximum atomic E-state index is 13.1. The fraction of sp³-hybridized carbons (Fsp3) is 0.486. The molecule has 15 nitrogen and oxygen atoms in total. The zero-order valence-corrected chi connectivity index (χ0v) is 28.3. The lowest BCUT2D eigenvalue weighted by atomic mass is 10.0. The highest BCUT2D eigenvalue weighted by atomic mass is 16.6. The van der Waals surface area contributed by atoms with Crippen LogP contribution in [0, 0.1) is 0 Å². The zero-order chi connectivity index (χ0) is 35.8. The molecule has 272 valence electrons. The van der Waals surface area contributed by atoms with Gasteiger partial charge in [0.1, 0.15) is 25.3 Å². The van der Waals surface area contributed by atoms with Crippen molar-refractivity contribution in [3.8, 4) is 0 Å². The molecule has 1 saturated heterocycles. The molecule has 2 aromatic rings. The first-order valence-electron chi connectivity index (χ1n) is 17.0. The number of carbonyl (C=O) groups is 6. The highest BCUT2D eigenvalue weighted by Gasteiger charge is 2.25. The average molecular weight is 696 g/mol. The van der Waals surface area contributed by atoms with Crippen LogP contribution in [0.5, 0.6) is 0 Å². The van der Waals surface area contributed by atoms with Crippen molar-refractivity contribution < 1.29 is 38.2 Å². The molecule has 0 unspecified atom stereocenters. The summed E-state index contributed by atoms with van der Waals surface area (Å²) < 4.78 is 10.6. The summed E-state index contributed by atoms with van der Waals surface area (Å²) in [7, 11) is 0. The minimum atomic E-state index is -1.04. The molecular formula is C35H49N7O8. The van der Waals surface area contributed by atoms with Gasteiger partial charge in [-0.25, -0.2) is 9.59 Å². The van der Waals surface area contributed by atoms with Crippen LogP contribution in [0.4, 0.5) is 9.59 Å². The predicted octanol–water partition coefficient (Wildman–Crippen LogP) is 1.38. The smallest absolute Gasteiger partial charge is 0.408 e. The van der Waals surface area contributed by atoms with E-state index >= 15 is 0 Å². The van der Waals surface area contributed by atoms with E-state index in [1.165, 1.54) is 0 Å². The monoisotopic (exact) mass is 695 g/mol. The molecule has 0 bridgehead atoms. The van der Waals surface area contributed by atoms with Gasteiger partial charge in [0.2, 0.25) is 23.6 Å². The van der Waals surface area contributed by atoms with Crippen molar-refractivity contribution in [3.63, 3.8) is 0 Å². The molecule has 6 amide bonds. The highest BCUT2D eigenvalue weighted by molar-refractivity contribution is 5.90. The molecule has 0 aromatic heterocycles. The first-order valence-corrected chi connectivity index (χ1v) is 17.0. The largest absolute Gasteiger partial charge is 0.445 e. The highest BCUT2D eigenvalue weighted by Crippen LogP contribution is 2.10. The van der Waals surface area contributed by atoms with Gasteiger partial charge in [0.05, 0.1) is 13.1 Å². The Morgan fingerprint density at radius 1 is 0.560 bits per heavy atom. The van der Waals surface area contributed by atoms with E-state index in [-0.39, 0.29) is 51.0 Å². The van der Waals surface area contributed by atoms with Crippen LogP contribution in [0.3, 0.4) is 0 Å². The van der Waals surface area contributed by atoms with Gasteiger partial charge in [-0.1, -0.05) is 73.5 Å². The lowest BCUT2D eigenvalue weighted by Gasteiger charge is -2.20. The Bertz CT molecular complexity index is 1260. The Morgan fingerprint density at radius 2 is 0.980 bits per heavy atom. The molecule has 1 heterocycles. The van der Waals surface area contributed by atoms with E-state index in [4.69, 9.17) is 9.47 Å². The van der Waals surface area contributed by atoms with Crippen molar-refractivity contribution in [2.45, 2.75) is 70.2 Å². The van der Waals surface area contributed by atoms with Gasteiger partial charge >= 0.3 is 12.2 Å². The second-order valence-electron chi connectivity index (χ2n) is 11.7. The summed E-state index contributed by atoms with van der Waals surface area (Å²) in [5.41, 5.74) is 1.54. The molecule has 3 rings (SSSR count). The molecule has 1 fully saturated rings. The molecule has 0 saturated carbocycles. The molecule has 0 spiro atoms. The average Bonchev–Trinajstić information content (AvgIpc) is 3.13. The molecule has 2 aromatic carbocycles. The fourth-order valence-electron chi connectivity index (χ4n) is 4.92. The van der Waals surface area contributed by atoms with Gasteiger partial charge in [-0.15, -0.1) is 0 Å². The number of rotatable bonds is 6. The lowest BCUT2D eigenvalue weighted by molar-refractivity contribution is -0.127. The maximum absolute atomic E-state index is 13.1. The SMILES string of the molecule is O=C1CNC(=O)[C@@H](NC(=O)OCc2ccccc2)CCCC[C@H](NC(=O)OCc2ccccc2)C(=O)NCC(=O)NCCCNCCCCN1. The normalized spacial score (nSPS) is 19.6. The van der Waals surface area contributed by atoms with E-state index in [1.807, 2.05) is 36.4 Å². The Morgan fingerprint density at radius 3 is 1.46 bits per heavy atom. The van der Waals surface area contributed by atoms with E-state index in [1.54, 1.807) is 24.3 Å². The molecule has 1 aliphatic heterocycles. The van der Waals surface area contributed by atoms with Crippen molar-refractivity contribution in [2.24, 2.45) is 0 Å². The number of hydrogen-bond donors (Lipinski definition) is 7. The van der Waals surface area contributed by atoms with E-state index in [9.17, 15) is 28.8 Å². The Balaban J connectivity index is 1.63. The quantitative estimate of drug-likeness (QED) is 0.233. The first-order chi connectivity index (χ1) is 24.3. The third-order valence-electron chi connectivity index (χ3n) is 7.68. The van der Waals surface area contributed by atoms with E-state index < -0.39 is 36.1 Å². The Kier molecular flexibility index (Phi) is 18.2. The van der Waals surface area contributed by atoms with E-state index in [2.05, 4.69) is 37.2 Å². The molecule has 0 radical (unpaired) electrons. The summed E-state index contributed by atoms with van der Waals surface area (Å²) in [6.45, 7) is 1.74. The number of ether oxygens (including phenoxy) is 2. The van der Waals surface area contributed by atoms with Gasteiger partial charge in [0.15, 0.2) is 0 Å². The van der Waals surface area contributed by atoms with Gasteiger partial charge in [0, 0.05) is 13.1 Å². The molecule has 2 atom stereocenters. The minimum Gasteiger partial charge on any atom is -0.445 e. The summed E-state index contributed by atoms with van der Waals surface area (Å²) in [5, 5.41) is 19.1. The number of amides is 6. The topological polar surface area (TPSA) is 205 Å². The molecule has 50 heavy (non-hydrogen) atoms. The zero-order valence-electron chi connectivity index (χ0n) is 28.3. The van der Waals surface area contributed by atoms with Gasteiger partial charge in [-0.05, 0) is 56.3 Å². The second-order valence-corrected chi connectivity index (χ2v) is 11.7. The molecule has 1 aliphatic rings. The summed E-state index contributed by atoms with van der Waals surface area (Å²) >= 11 is 0. The second kappa shape index (κ2) is 23.2. The Labute approximate surface area is 292 Å². The van der Waals surface area contributed by atoms with Gasteiger partial charge in [-0.3, -0.25) is 19.2 Å². The van der Waals surface area contributed by atoms with Crippen LogP contribution in [0.1, 0.15) is 56.1 Å². The number of alkyl carbamates (subject to hydrolysis) is 2. The number of hydrogen-bond acceptors (Lipinski definition) is 9. The van der Waals surface area contributed by atoms with E-state index in [0.717, 1.165) is 30.5 Å². The van der Waals surface area contributed by atoms with Crippen LogP contribution < -0.4 is 37.2 Å². The predicted molar refractivity (Wildman–Crippen MR) is 184 cm³/mol. The van der Waals surface area contributed by atoms with Crippen molar-refractivity contribution in [3.05, 3.63) is 71.8 Å². The van der Waals surface area contributed by atoms with Crippen LogP contribution >= 0.6 is 0 Å². The number of carbonyl (C=O) groups excluding carboxylic acids is 6. The molecule has 0 aliphatic carbocycles. The summed E-state index contributed by atoms with van der Waals surface area (Å²) in [6, 6.07) is 16.0. The maximum Gasteiger partial charge on any atom is 0.408 e. The van der Waals surface area contributed by atoms with E-state index in [0.29, 0.717) is 38.9 Å². The van der Waals surface area contributed by atoms with Crippen LogP contribution in [-0.4, -0.2) is 87.2 Å². The molecule has 15 heteroatoms. The Hall–Kier alpha value is -5.18. The molecule has 7 N–H and O–H groups in total. The van der Waals surface area contributed by atoms with Gasteiger partial charge < -0.3 is 46.7 Å². The summed E-state index contributed by atoms with van der Waals surface area (Å²) in [5.74, 6) is -1.87. The third-order valence-corrected chi connectivity index (χ3v) is 7.68. The van der Waals surface area contributed by atoms with Gasteiger partial charge in [-0.2, -0.15) is 0 Å². The first kappa shape index (κ1) is 39.3. The fourth-order valence-corrected chi connectivity index (χ4v) is 4.92. The standard InChI is InChI=1S/C35H49N7O8/c43-30-22-39-32(45)28(41-34(47)49-24-26-12-3-1-4-13-26)16-7-8-17-29(42-35(48)50-25-27-14-5-2-6-15-27)33(46)40-23-31(44)38-21-11-19-36-18-9-10-20-37-30/h1-6,12-15,28-29,36H,7-11,16-25H2,(H,37,43)(H,38,44)(H,39,45)(H,40,46)(H,41,47)(H,42,48)/t28-,29-/m0/s1. The third kappa shape index (κ3) is 16.8. The molecular weight excluding hydrogens is 646 g/mol. The van der Waals surface area contributed by atoms with Crippen LogP contribution in [0.15, 0.2) is 60.7 Å². The van der Waals surface area contributed by atoms with Crippen molar-refractivity contribution in [2.75, 3.05) is 39.3 Å². The van der Waals surface area contributed by atoms with Crippen LogP contribution in [0.25, 0.3) is 0 Å².